The Morgan fingerprint density at radius 1 is 0.697 bits per heavy atom. The largest absolute Gasteiger partial charge is 0.331 e. The van der Waals surface area contributed by atoms with E-state index in [1.165, 1.54) is 0 Å². The van der Waals surface area contributed by atoms with Crippen molar-refractivity contribution in [3.8, 4) is 0 Å². The zero-order chi connectivity index (χ0) is 51.6. The monoisotopic (exact) mass is 949 g/mol. The predicted molar refractivity (Wildman–Crippen MR) is 265 cm³/mol. The van der Waals surface area contributed by atoms with E-state index in [4.69, 9.17) is 2.67 Å². The molecule has 0 bridgehead atoms. The maximum atomic E-state index is 12.6. The molecule has 6 aliphatic rings. The minimum atomic E-state index is -0.343. The van der Waals surface area contributed by atoms with Crippen molar-refractivity contribution in [3.63, 3.8) is 0 Å². The number of ketones is 4. The lowest BCUT2D eigenvalue weighted by atomic mass is 9.95. The third kappa shape index (κ3) is 15.2. The summed E-state index contributed by atoms with van der Waals surface area (Å²) in [6.45, 7) is 21.9. The molecule has 6 rings (SSSR count). The summed E-state index contributed by atoms with van der Waals surface area (Å²) >= 11 is 1.74. The van der Waals surface area contributed by atoms with Gasteiger partial charge in [0, 0.05) is 25.4 Å². The van der Waals surface area contributed by atoms with E-state index in [9.17, 15) is 38.4 Å². The third-order valence-corrected chi connectivity index (χ3v) is 15.0. The van der Waals surface area contributed by atoms with Gasteiger partial charge >= 0.3 is 0 Å². The first kappa shape index (κ1) is 55.4. The molecule has 375 valence electrons. The Labute approximate surface area is 405 Å². The number of Topliss-reactive ketones (excluding diaryl/α,β-unsaturated/α-hetero) is 4. The molecule has 6 aliphatic heterocycles. The number of nitrogens with zero attached hydrogens (tertiary/aromatic N) is 4. The fraction of sp³-hybridized carbons (Fsp3) is 0.833. The van der Waals surface area contributed by atoms with Crippen molar-refractivity contribution in [2.45, 2.75) is 187 Å². The Balaban J connectivity index is 0.000000305. The number of carbonyl (C=O) groups excluding carboxylic acids is 8. The smallest absolute Gasteiger partial charge is 0.243 e. The van der Waals surface area contributed by atoms with Crippen LogP contribution >= 0.6 is 11.8 Å². The first-order valence-electron chi connectivity index (χ1n) is 25.3. The second kappa shape index (κ2) is 27.1. The van der Waals surface area contributed by atoms with E-state index in [0.29, 0.717) is 39.2 Å². The number of fused-ring (bicyclic) bond motifs is 1. The van der Waals surface area contributed by atoms with Crippen LogP contribution in [0.25, 0.3) is 0 Å². The van der Waals surface area contributed by atoms with Crippen LogP contribution in [-0.4, -0.2) is 184 Å². The molecule has 6 heterocycles. The molecule has 0 saturated carbocycles. The van der Waals surface area contributed by atoms with Crippen molar-refractivity contribution >= 4 is 66.9 Å². The molecule has 0 aliphatic carbocycles. The number of carbonyl (C=O) groups is 8. The summed E-state index contributed by atoms with van der Waals surface area (Å²) < 4.78 is 11.5. The quantitative estimate of drug-likeness (QED) is 0.165. The van der Waals surface area contributed by atoms with Gasteiger partial charge in [0.1, 0.15) is 6.04 Å². The number of thioether (sulfide) groups is 1. The van der Waals surface area contributed by atoms with Crippen LogP contribution < -0.4 is 21.3 Å². The van der Waals surface area contributed by atoms with Gasteiger partial charge < -0.3 is 40.9 Å². The van der Waals surface area contributed by atoms with E-state index in [0.717, 1.165) is 83.1 Å². The van der Waals surface area contributed by atoms with Gasteiger partial charge in [-0.2, -0.15) is 0 Å². The SMILES string of the molecule is CC(=O)[C@H](CC(C)C)N1CCC2(CCCN2)C1=O.CN[C@@H]1CCN([C@@H](CC(C)C)C(C)=O)C1=O.CN[C@H]1CCC2SC[C@@H](C(C)=O)N2C1=O.CN[C@H]1CCN([C@@H](CC(C)C)C(C)=O)C1=O.[2H][B][3H]. The Morgan fingerprint density at radius 3 is 1.47 bits per heavy atom. The van der Waals surface area contributed by atoms with Crippen molar-refractivity contribution in [1.82, 2.24) is 40.9 Å². The predicted octanol–water partition coefficient (Wildman–Crippen LogP) is 2.28. The number of hydrogen-bond acceptors (Lipinski definition) is 13. The molecule has 9 atom stereocenters. The summed E-state index contributed by atoms with van der Waals surface area (Å²) in [6.07, 6.45) is 8.62. The van der Waals surface area contributed by atoms with Crippen molar-refractivity contribution < 1.29 is 38.4 Å². The molecule has 4 N–H and O–H groups in total. The van der Waals surface area contributed by atoms with Crippen molar-refractivity contribution in [2.24, 2.45) is 17.8 Å². The topological polar surface area (TPSA) is 198 Å². The highest BCUT2D eigenvalue weighted by Gasteiger charge is 2.50. The molecule has 6 saturated heterocycles. The number of amides is 4. The van der Waals surface area contributed by atoms with Gasteiger partial charge in [0.05, 0.1) is 55.5 Å². The number of hydrogen-bond donors (Lipinski definition) is 4. The molecule has 0 aromatic rings. The van der Waals surface area contributed by atoms with Gasteiger partial charge in [0.15, 0.2) is 23.1 Å². The van der Waals surface area contributed by atoms with Gasteiger partial charge in [0.2, 0.25) is 23.6 Å². The van der Waals surface area contributed by atoms with Gasteiger partial charge in [-0.1, -0.05) is 41.5 Å². The highest BCUT2D eigenvalue weighted by atomic mass is 32.2. The molecular weight excluding hydrogens is 859 g/mol. The van der Waals surface area contributed by atoms with Crippen LogP contribution in [-0.2, 0) is 38.4 Å². The lowest BCUT2D eigenvalue weighted by Gasteiger charge is -2.36. The molecule has 1 radical (unpaired) electrons. The van der Waals surface area contributed by atoms with Gasteiger partial charge in [-0.05, 0) is 140 Å². The van der Waals surface area contributed by atoms with Gasteiger partial charge in [-0.15, -0.1) is 11.8 Å². The summed E-state index contributed by atoms with van der Waals surface area (Å²) in [5.41, 5.74) is -0.343. The van der Waals surface area contributed by atoms with Crippen molar-refractivity contribution in [3.05, 3.63) is 0 Å². The minimum absolute atomic E-state index is 0.0725. The van der Waals surface area contributed by atoms with Crippen LogP contribution in [0.3, 0.4) is 0 Å². The molecule has 0 aromatic heterocycles. The molecule has 6 fully saturated rings. The normalized spacial score (nSPS) is 27.5. The summed E-state index contributed by atoms with van der Waals surface area (Å²) in [5.74, 6) is 2.86. The van der Waals surface area contributed by atoms with E-state index < -0.39 is 0 Å². The zero-order valence-corrected chi connectivity index (χ0v) is 43.3. The lowest BCUT2D eigenvalue weighted by molar-refractivity contribution is -0.142. The highest BCUT2D eigenvalue weighted by Crippen LogP contribution is 2.37. The second-order valence-corrected chi connectivity index (χ2v) is 21.2. The van der Waals surface area contributed by atoms with E-state index in [1.54, 1.807) is 75.3 Å². The first-order chi connectivity index (χ1) is 32.0. The molecule has 4 amide bonds. The Hall–Kier alpha value is -3.19. The van der Waals surface area contributed by atoms with Crippen LogP contribution in [0, 0.1) is 17.8 Å². The molecule has 18 heteroatoms. The van der Waals surface area contributed by atoms with E-state index in [1.807, 2.05) is 4.90 Å². The van der Waals surface area contributed by atoms with E-state index in [-0.39, 0.29) is 100.0 Å². The number of likely N-dealkylation sites (tertiary alicyclic amines) is 3. The maximum absolute atomic E-state index is 12.6. The number of rotatable bonds is 16. The summed E-state index contributed by atoms with van der Waals surface area (Å²) in [4.78, 5) is 102. The van der Waals surface area contributed by atoms with Crippen molar-refractivity contribution in [2.75, 3.05) is 53.1 Å². The van der Waals surface area contributed by atoms with Crippen LogP contribution in [0.5, 0.6) is 0 Å². The maximum Gasteiger partial charge on any atom is 0.243 e. The fourth-order valence-electron chi connectivity index (χ4n) is 10.0. The van der Waals surface area contributed by atoms with Crippen LogP contribution in [0.15, 0.2) is 0 Å². The lowest BCUT2D eigenvalue weighted by Crippen LogP contribution is -2.55. The summed E-state index contributed by atoms with van der Waals surface area (Å²) in [5, 5.41) is 12.6. The van der Waals surface area contributed by atoms with E-state index >= 15 is 0 Å². The Bertz CT molecular complexity index is 1650. The van der Waals surface area contributed by atoms with Gasteiger partial charge in [0.25, 0.3) is 0 Å². The molecular formula is C48H86BN8O8S. The number of nitrogens with one attached hydrogen (secondary N) is 4. The third-order valence-electron chi connectivity index (χ3n) is 13.7. The minimum Gasteiger partial charge on any atom is -0.331 e. The summed E-state index contributed by atoms with van der Waals surface area (Å²) in [6, 6.07) is -1.18. The van der Waals surface area contributed by atoms with Gasteiger partial charge in [-0.3, -0.25) is 38.4 Å². The summed E-state index contributed by atoms with van der Waals surface area (Å²) in [7, 11) is 5.88. The molecule has 66 heavy (non-hydrogen) atoms. The van der Waals surface area contributed by atoms with Crippen LogP contribution in [0.2, 0.25) is 0 Å². The fourth-order valence-corrected chi connectivity index (χ4v) is 11.5. The second-order valence-electron chi connectivity index (χ2n) is 20.0. The number of piperidine rings is 1. The zero-order valence-electron chi connectivity index (χ0n) is 44.5. The molecule has 0 aromatic carbocycles. The standard InChI is InChI=1S/C14H24N2O2.2C12H22N2O2.C10H16N2O2S.BH2/c1-10(2)9-12(11(3)17)16-8-6-14(13(16)18)5-4-7-15-14;2*1-8(2)7-11(9(3)15)14-6-5-10(13-4)12(14)16;1-6(13)8-5-15-9-4-3-7(11-2)10(14)12(8)9;/h10,12,15H,4-9H2,1-3H3;2*8,10-11,13H,5-7H2,1-4H3;7-9,11H,3-5H2,1-2H3;1H2/t12-,14?;10-,11+;10-,11-;7-,8-,9?;/m0100./s1/i;;;;1TD. The van der Waals surface area contributed by atoms with Crippen LogP contribution in [0.1, 0.15) is 133 Å². The average molecular weight is 949 g/mol. The Morgan fingerprint density at radius 2 is 1.12 bits per heavy atom. The van der Waals surface area contributed by atoms with E-state index in [2.05, 4.69) is 62.8 Å². The van der Waals surface area contributed by atoms with Crippen LogP contribution in [0.4, 0.5) is 0 Å². The molecule has 2 unspecified atom stereocenters. The molecule has 1 spiro atoms. The first-order valence-corrected chi connectivity index (χ1v) is 25.2. The Kier molecular flexibility index (Phi) is 22.8. The average Bonchev–Trinajstić information content (AvgIpc) is 4.12. The van der Waals surface area contributed by atoms with Crippen molar-refractivity contribution in [1.29, 1.82) is 2.67 Å². The molecule has 16 nitrogen and oxygen atoms in total. The highest BCUT2D eigenvalue weighted by molar-refractivity contribution is 8.00. The van der Waals surface area contributed by atoms with Gasteiger partial charge in [-0.25, -0.2) is 0 Å². The number of likely N-dealkylation sites (N-methyl/N-ethyl adjacent to an activating group) is 3.